The number of aliphatic hydroxyl groups excluding tert-OH is 2. The summed E-state index contributed by atoms with van der Waals surface area (Å²) in [7, 11) is 0. The first-order chi connectivity index (χ1) is 36.5. The summed E-state index contributed by atoms with van der Waals surface area (Å²) in [6.07, 6.45) is 79.5. The molecule has 0 saturated carbocycles. The van der Waals surface area contributed by atoms with E-state index in [-0.39, 0.29) is 18.5 Å². The Labute approximate surface area is 462 Å². The van der Waals surface area contributed by atoms with Crippen LogP contribution in [0, 0.1) is 0 Å². The lowest BCUT2D eigenvalue weighted by Crippen LogP contribution is -2.45. The summed E-state index contributed by atoms with van der Waals surface area (Å²) < 4.78 is 5.49. The standard InChI is InChI=1S/C68H131NO5/c1-3-5-7-9-11-13-15-17-19-21-22-23-24-25-26-27-29-32-36-40-44-48-52-56-60-66(71)65(64-70)69-67(72)61-57-53-49-45-41-37-33-30-31-35-39-43-47-51-55-59-63-74-68(73)62-58-54-50-46-42-38-34-28-20-18-16-14-12-10-8-6-4-2/h30,33,56,60,65-66,70-71H,3-29,31-32,34-55,57-59,61-64H2,1-2H3,(H,69,72)/b33-30-,60-56+. The fourth-order valence-electron chi connectivity index (χ4n) is 10.6. The second kappa shape index (κ2) is 63.9. The molecule has 0 aliphatic rings. The molecular weight excluding hydrogens is 911 g/mol. The summed E-state index contributed by atoms with van der Waals surface area (Å²) >= 11 is 0. The molecule has 0 heterocycles. The Hall–Kier alpha value is -1.66. The van der Waals surface area contributed by atoms with Crippen LogP contribution >= 0.6 is 0 Å². The number of esters is 1. The molecule has 74 heavy (non-hydrogen) atoms. The van der Waals surface area contributed by atoms with E-state index in [2.05, 4.69) is 31.3 Å². The van der Waals surface area contributed by atoms with Crippen LogP contribution in [0.3, 0.4) is 0 Å². The number of allylic oxidation sites excluding steroid dienone is 3. The lowest BCUT2D eigenvalue weighted by molar-refractivity contribution is -0.143. The van der Waals surface area contributed by atoms with Crippen LogP contribution in [-0.2, 0) is 14.3 Å². The smallest absolute Gasteiger partial charge is 0.305 e. The summed E-state index contributed by atoms with van der Waals surface area (Å²) in [6.45, 7) is 4.92. The monoisotopic (exact) mass is 1040 g/mol. The average molecular weight is 1040 g/mol. The quantitative estimate of drug-likeness (QED) is 0.0320. The average Bonchev–Trinajstić information content (AvgIpc) is 3.40. The van der Waals surface area contributed by atoms with Gasteiger partial charge in [-0.15, -0.1) is 0 Å². The van der Waals surface area contributed by atoms with E-state index in [9.17, 15) is 19.8 Å². The lowest BCUT2D eigenvalue weighted by Gasteiger charge is -2.20. The van der Waals surface area contributed by atoms with Crippen molar-refractivity contribution >= 4 is 11.9 Å². The fraction of sp³-hybridized carbons (Fsp3) is 0.912. The van der Waals surface area contributed by atoms with Crippen LogP contribution in [0.25, 0.3) is 0 Å². The van der Waals surface area contributed by atoms with Gasteiger partial charge in [-0.2, -0.15) is 0 Å². The predicted molar refractivity (Wildman–Crippen MR) is 324 cm³/mol. The SMILES string of the molecule is CCCCCCCCCCCCCCCCCCCCCCCC/C=C/C(O)C(CO)NC(=O)CCCCCCC/C=C\CCCCCCCCCOC(=O)CCCCCCCCCCCCCCCCCCC. The van der Waals surface area contributed by atoms with Gasteiger partial charge >= 0.3 is 5.97 Å². The number of amides is 1. The zero-order valence-corrected chi connectivity index (χ0v) is 50.1. The molecule has 0 fully saturated rings. The number of hydrogen-bond donors (Lipinski definition) is 3. The predicted octanol–water partition coefficient (Wildman–Crippen LogP) is 21.4. The summed E-state index contributed by atoms with van der Waals surface area (Å²) in [5.41, 5.74) is 0. The van der Waals surface area contributed by atoms with Gasteiger partial charge in [0, 0.05) is 12.8 Å². The van der Waals surface area contributed by atoms with Crippen molar-refractivity contribution < 1.29 is 24.5 Å². The van der Waals surface area contributed by atoms with E-state index in [4.69, 9.17) is 4.74 Å². The molecule has 0 aliphatic carbocycles. The van der Waals surface area contributed by atoms with Gasteiger partial charge in [-0.25, -0.2) is 0 Å². The van der Waals surface area contributed by atoms with Gasteiger partial charge in [0.05, 0.1) is 25.4 Å². The minimum atomic E-state index is -0.856. The summed E-state index contributed by atoms with van der Waals surface area (Å²) in [5.74, 6) is -0.0799. The number of ether oxygens (including phenoxy) is 1. The first-order valence-corrected chi connectivity index (χ1v) is 33.6. The van der Waals surface area contributed by atoms with Gasteiger partial charge < -0.3 is 20.3 Å². The highest BCUT2D eigenvalue weighted by atomic mass is 16.5. The van der Waals surface area contributed by atoms with Crippen molar-refractivity contribution in [1.29, 1.82) is 0 Å². The van der Waals surface area contributed by atoms with E-state index in [1.807, 2.05) is 6.08 Å². The topological polar surface area (TPSA) is 95.9 Å². The van der Waals surface area contributed by atoms with E-state index < -0.39 is 12.1 Å². The molecule has 1 amide bonds. The van der Waals surface area contributed by atoms with E-state index in [0.717, 1.165) is 64.2 Å². The summed E-state index contributed by atoms with van der Waals surface area (Å²) in [6, 6.07) is -0.641. The summed E-state index contributed by atoms with van der Waals surface area (Å²) in [5, 5.41) is 23.2. The Kier molecular flexibility index (Phi) is 62.4. The molecule has 0 aromatic heterocycles. The first-order valence-electron chi connectivity index (χ1n) is 33.6. The zero-order chi connectivity index (χ0) is 53.6. The van der Waals surface area contributed by atoms with Gasteiger partial charge in [-0.3, -0.25) is 9.59 Å². The minimum absolute atomic E-state index is 0.00103. The molecule has 0 radical (unpaired) electrons. The van der Waals surface area contributed by atoms with Crippen LogP contribution in [0.15, 0.2) is 24.3 Å². The molecule has 0 bridgehead atoms. The molecule has 3 N–H and O–H groups in total. The van der Waals surface area contributed by atoms with E-state index in [1.54, 1.807) is 6.08 Å². The molecule has 438 valence electrons. The van der Waals surface area contributed by atoms with Crippen LogP contribution in [0.4, 0.5) is 0 Å². The molecular formula is C68H131NO5. The maximum atomic E-state index is 12.5. The molecule has 0 aromatic rings. The normalized spacial score (nSPS) is 12.6. The van der Waals surface area contributed by atoms with Crippen LogP contribution in [0.5, 0.6) is 0 Å². The lowest BCUT2D eigenvalue weighted by atomic mass is 10.0. The maximum Gasteiger partial charge on any atom is 0.305 e. The van der Waals surface area contributed by atoms with E-state index >= 15 is 0 Å². The molecule has 6 nitrogen and oxygen atoms in total. The number of carbonyl (C=O) groups excluding carboxylic acids is 2. The third kappa shape index (κ3) is 59.6. The first kappa shape index (κ1) is 72.3. The number of rotatable bonds is 63. The Balaban J connectivity index is 3.47. The maximum absolute atomic E-state index is 12.5. The van der Waals surface area contributed by atoms with E-state index in [0.29, 0.717) is 19.4 Å². The Morgan fingerprint density at radius 1 is 0.365 bits per heavy atom. The van der Waals surface area contributed by atoms with Gasteiger partial charge in [0.1, 0.15) is 0 Å². The highest BCUT2D eigenvalue weighted by Crippen LogP contribution is 2.18. The second-order valence-electron chi connectivity index (χ2n) is 23.2. The number of hydrogen-bond acceptors (Lipinski definition) is 5. The van der Waals surface area contributed by atoms with Crippen LogP contribution in [-0.4, -0.2) is 47.4 Å². The van der Waals surface area contributed by atoms with Crippen LogP contribution < -0.4 is 5.32 Å². The van der Waals surface area contributed by atoms with Crippen molar-refractivity contribution in [3.63, 3.8) is 0 Å². The number of aliphatic hydroxyl groups is 2. The van der Waals surface area contributed by atoms with Crippen molar-refractivity contribution in [1.82, 2.24) is 5.32 Å². The second-order valence-corrected chi connectivity index (χ2v) is 23.2. The Morgan fingerprint density at radius 3 is 0.959 bits per heavy atom. The fourth-order valence-corrected chi connectivity index (χ4v) is 10.6. The Morgan fingerprint density at radius 2 is 0.635 bits per heavy atom. The highest BCUT2D eigenvalue weighted by Gasteiger charge is 2.18. The third-order valence-corrected chi connectivity index (χ3v) is 15.7. The van der Waals surface area contributed by atoms with Gasteiger partial charge in [0.15, 0.2) is 0 Å². The van der Waals surface area contributed by atoms with Gasteiger partial charge in [-0.1, -0.05) is 327 Å². The molecule has 2 atom stereocenters. The van der Waals surface area contributed by atoms with Crippen molar-refractivity contribution in [3.05, 3.63) is 24.3 Å². The summed E-state index contributed by atoms with van der Waals surface area (Å²) in [4.78, 5) is 24.6. The molecule has 0 aromatic carbocycles. The van der Waals surface area contributed by atoms with Gasteiger partial charge in [-0.05, 0) is 57.8 Å². The number of carbonyl (C=O) groups is 2. The number of unbranched alkanes of at least 4 members (excludes halogenated alkanes) is 50. The zero-order valence-electron chi connectivity index (χ0n) is 50.1. The highest BCUT2D eigenvalue weighted by molar-refractivity contribution is 5.76. The molecule has 0 aliphatic heterocycles. The van der Waals surface area contributed by atoms with Crippen molar-refractivity contribution in [3.8, 4) is 0 Å². The molecule has 6 heteroatoms. The van der Waals surface area contributed by atoms with Crippen molar-refractivity contribution in [2.75, 3.05) is 13.2 Å². The van der Waals surface area contributed by atoms with Gasteiger partial charge in [0.2, 0.25) is 5.91 Å². The minimum Gasteiger partial charge on any atom is -0.466 e. The molecule has 0 rings (SSSR count). The van der Waals surface area contributed by atoms with Gasteiger partial charge in [0.25, 0.3) is 0 Å². The number of nitrogens with one attached hydrogen (secondary N) is 1. The van der Waals surface area contributed by atoms with Crippen molar-refractivity contribution in [2.45, 2.75) is 386 Å². The Bertz CT molecular complexity index is 1150. The molecule has 0 spiro atoms. The van der Waals surface area contributed by atoms with Crippen molar-refractivity contribution in [2.24, 2.45) is 0 Å². The largest absolute Gasteiger partial charge is 0.466 e. The molecule has 2 unspecified atom stereocenters. The van der Waals surface area contributed by atoms with E-state index in [1.165, 1.54) is 283 Å². The van der Waals surface area contributed by atoms with Crippen LogP contribution in [0.2, 0.25) is 0 Å². The van der Waals surface area contributed by atoms with Crippen LogP contribution in [0.1, 0.15) is 373 Å². The third-order valence-electron chi connectivity index (χ3n) is 15.7. The molecule has 0 saturated heterocycles.